The molecular weight excluding hydrogens is 391 g/mol. The summed E-state index contributed by atoms with van der Waals surface area (Å²) in [6.07, 6.45) is 1.02. The molecule has 1 aromatic carbocycles. The summed E-state index contributed by atoms with van der Waals surface area (Å²) >= 11 is 0. The van der Waals surface area contributed by atoms with Crippen molar-refractivity contribution in [1.29, 1.82) is 5.26 Å². The number of H-pyrrole nitrogens is 1. The number of nitrogens with one attached hydrogen (secondary N) is 2. The number of aromatic nitrogens is 4. The van der Waals surface area contributed by atoms with Gasteiger partial charge >= 0.3 is 6.09 Å². The van der Waals surface area contributed by atoms with Gasteiger partial charge in [-0.25, -0.2) is 9.18 Å². The molecule has 3 rings (SSSR count). The molecule has 2 heterocycles. The number of tetrazole rings is 1. The molecule has 1 fully saturated rings. The van der Waals surface area contributed by atoms with Crippen LogP contribution in [0.4, 0.5) is 20.6 Å². The number of aromatic amines is 1. The Bertz CT molecular complexity index is 954. The first-order valence-electron chi connectivity index (χ1n) is 9.40. The van der Waals surface area contributed by atoms with E-state index >= 15 is 0 Å². The summed E-state index contributed by atoms with van der Waals surface area (Å²) < 4.78 is 20.1. The van der Waals surface area contributed by atoms with Crippen molar-refractivity contribution in [3.05, 3.63) is 36.0 Å². The van der Waals surface area contributed by atoms with Crippen molar-refractivity contribution in [2.45, 2.75) is 26.4 Å². The van der Waals surface area contributed by atoms with Gasteiger partial charge in [0.2, 0.25) is 5.82 Å². The lowest BCUT2D eigenvalue weighted by molar-refractivity contribution is 0.0240. The number of piperazine rings is 1. The minimum absolute atomic E-state index is 0.133. The fourth-order valence-corrected chi connectivity index (χ4v) is 2.96. The zero-order valence-electron chi connectivity index (χ0n) is 17.0. The average molecular weight is 414 g/mol. The molecule has 1 aliphatic rings. The number of hydrogen-bond acceptors (Lipinski definition) is 8. The van der Waals surface area contributed by atoms with Crippen LogP contribution in [-0.4, -0.2) is 63.4 Å². The number of carbonyl (C=O) groups excluding carboxylic acids is 1. The maximum Gasteiger partial charge on any atom is 0.410 e. The van der Waals surface area contributed by atoms with Crippen molar-refractivity contribution >= 4 is 23.0 Å². The molecule has 2 aromatic rings. The van der Waals surface area contributed by atoms with Crippen LogP contribution in [0.2, 0.25) is 0 Å². The van der Waals surface area contributed by atoms with Gasteiger partial charge in [-0.2, -0.15) is 10.5 Å². The van der Waals surface area contributed by atoms with E-state index in [1.807, 2.05) is 31.7 Å². The quantitative estimate of drug-likeness (QED) is 0.731. The van der Waals surface area contributed by atoms with Gasteiger partial charge in [0.1, 0.15) is 23.1 Å². The van der Waals surface area contributed by atoms with Crippen LogP contribution in [-0.2, 0) is 4.74 Å². The maximum absolute atomic E-state index is 14.7. The Kier molecular flexibility index (Phi) is 6.15. The maximum atomic E-state index is 14.7. The highest BCUT2D eigenvalue weighted by Gasteiger charge is 2.27. The number of benzene rings is 1. The monoisotopic (exact) mass is 414 g/mol. The first kappa shape index (κ1) is 21.0. The van der Waals surface area contributed by atoms with E-state index in [1.165, 1.54) is 12.3 Å². The van der Waals surface area contributed by atoms with E-state index in [-0.39, 0.29) is 17.5 Å². The van der Waals surface area contributed by atoms with Crippen LogP contribution < -0.4 is 10.2 Å². The lowest BCUT2D eigenvalue weighted by atomic mass is 10.2. The Morgan fingerprint density at radius 3 is 2.67 bits per heavy atom. The number of ether oxygens (including phenoxy) is 1. The normalized spacial score (nSPS) is 15.0. The molecular formula is C19H23FN8O2. The highest BCUT2D eigenvalue weighted by Crippen LogP contribution is 2.30. The molecule has 11 heteroatoms. The first-order chi connectivity index (χ1) is 14.3. The van der Waals surface area contributed by atoms with Gasteiger partial charge in [0.15, 0.2) is 0 Å². The third-order valence-corrected chi connectivity index (χ3v) is 4.31. The number of hydrogen-bond donors (Lipinski definition) is 2. The highest BCUT2D eigenvalue weighted by molar-refractivity contribution is 5.78. The smallest absolute Gasteiger partial charge is 0.410 e. The summed E-state index contributed by atoms with van der Waals surface area (Å²) in [5.74, 6) is -0.272. The molecule has 0 bridgehead atoms. The number of anilines is 2. The van der Waals surface area contributed by atoms with E-state index in [1.54, 1.807) is 17.0 Å². The molecule has 0 saturated carbocycles. The van der Waals surface area contributed by atoms with E-state index < -0.39 is 11.4 Å². The summed E-state index contributed by atoms with van der Waals surface area (Å²) in [6.45, 7) is 7.14. The second-order valence-corrected chi connectivity index (χ2v) is 7.64. The number of allylic oxidation sites excluding steroid dienone is 1. The number of amides is 1. The predicted molar refractivity (Wildman–Crippen MR) is 108 cm³/mol. The number of para-hydroxylation sites is 1. The van der Waals surface area contributed by atoms with Gasteiger partial charge < -0.3 is 19.9 Å². The first-order valence-corrected chi connectivity index (χ1v) is 9.40. The number of halogens is 1. The number of carbonyl (C=O) groups is 1. The summed E-state index contributed by atoms with van der Waals surface area (Å²) in [6, 6.07) is 6.63. The zero-order valence-corrected chi connectivity index (χ0v) is 17.0. The van der Waals surface area contributed by atoms with Crippen LogP contribution in [0.5, 0.6) is 0 Å². The molecule has 0 aliphatic carbocycles. The number of rotatable bonds is 4. The van der Waals surface area contributed by atoms with Crippen molar-refractivity contribution in [3.8, 4) is 6.07 Å². The van der Waals surface area contributed by atoms with Gasteiger partial charge in [0.25, 0.3) is 0 Å². The fraction of sp³-hybridized carbons (Fsp3) is 0.421. The molecule has 0 atom stereocenters. The van der Waals surface area contributed by atoms with Crippen molar-refractivity contribution < 1.29 is 13.9 Å². The molecule has 1 amide bonds. The molecule has 1 aromatic heterocycles. The van der Waals surface area contributed by atoms with Crippen molar-refractivity contribution in [3.63, 3.8) is 0 Å². The minimum Gasteiger partial charge on any atom is -0.444 e. The second-order valence-electron chi connectivity index (χ2n) is 7.64. The molecule has 30 heavy (non-hydrogen) atoms. The fourth-order valence-electron chi connectivity index (χ4n) is 2.96. The third kappa shape index (κ3) is 5.02. The molecule has 1 saturated heterocycles. The molecule has 2 N–H and O–H groups in total. The van der Waals surface area contributed by atoms with Crippen LogP contribution >= 0.6 is 0 Å². The second kappa shape index (κ2) is 8.77. The standard InChI is InChI=1S/C19H23FN8O2/c1-19(2,3)30-18(29)28-9-7-27(8-10-28)16-14(20)5-4-6-15(16)22-12-13(11-21)17-23-25-26-24-17/h4-6,12,22H,7-10H2,1-3H3,(H,23,24,25,26). The topological polar surface area (TPSA) is 123 Å². The third-order valence-electron chi connectivity index (χ3n) is 4.31. The van der Waals surface area contributed by atoms with Crippen molar-refractivity contribution in [2.75, 3.05) is 36.4 Å². The molecule has 0 radical (unpaired) electrons. The summed E-state index contributed by atoms with van der Waals surface area (Å²) in [5, 5.41) is 25.5. The minimum atomic E-state index is -0.569. The molecule has 0 unspecified atom stereocenters. The van der Waals surface area contributed by atoms with Crippen LogP contribution in [0.25, 0.3) is 5.57 Å². The zero-order chi connectivity index (χ0) is 21.7. The van der Waals surface area contributed by atoms with E-state index in [9.17, 15) is 14.4 Å². The highest BCUT2D eigenvalue weighted by atomic mass is 19.1. The van der Waals surface area contributed by atoms with Crippen molar-refractivity contribution in [2.24, 2.45) is 0 Å². The summed E-state index contributed by atoms with van der Waals surface area (Å²) in [5.41, 5.74) is 0.425. The average Bonchev–Trinajstić information content (AvgIpc) is 3.22. The Morgan fingerprint density at radius 1 is 1.33 bits per heavy atom. The summed E-state index contributed by atoms with van der Waals surface area (Å²) in [4.78, 5) is 15.7. The lowest BCUT2D eigenvalue weighted by Gasteiger charge is -2.37. The van der Waals surface area contributed by atoms with E-state index in [4.69, 9.17) is 4.74 Å². The van der Waals surface area contributed by atoms with Gasteiger partial charge in [0, 0.05) is 32.4 Å². The van der Waals surface area contributed by atoms with Crippen molar-refractivity contribution in [1.82, 2.24) is 25.5 Å². The van der Waals surface area contributed by atoms with E-state index in [2.05, 4.69) is 25.9 Å². The Hall–Kier alpha value is -3.68. The Balaban J connectivity index is 1.73. The van der Waals surface area contributed by atoms with Gasteiger partial charge in [-0.3, -0.25) is 0 Å². The van der Waals surface area contributed by atoms with Crippen LogP contribution in [0.15, 0.2) is 24.4 Å². The van der Waals surface area contributed by atoms with Crippen LogP contribution in [0.3, 0.4) is 0 Å². The van der Waals surface area contributed by atoms with Gasteiger partial charge in [0.05, 0.1) is 11.4 Å². The Labute approximate surface area is 173 Å². The van der Waals surface area contributed by atoms with E-state index in [0.29, 0.717) is 37.6 Å². The molecule has 1 aliphatic heterocycles. The van der Waals surface area contributed by atoms with Gasteiger partial charge in [-0.15, -0.1) is 10.2 Å². The number of nitriles is 1. The molecule has 158 valence electrons. The van der Waals surface area contributed by atoms with E-state index in [0.717, 1.165) is 0 Å². The van der Waals surface area contributed by atoms with Crippen LogP contribution in [0.1, 0.15) is 26.6 Å². The lowest BCUT2D eigenvalue weighted by Crippen LogP contribution is -2.50. The number of nitrogens with zero attached hydrogens (tertiary/aromatic N) is 6. The Morgan fingerprint density at radius 2 is 2.07 bits per heavy atom. The largest absolute Gasteiger partial charge is 0.444 e. The predicted octanol–water partition coefficient (Wildman–Crippen LogP) is 2.37. The van der Waals surface area contributed by atoms with Gasteiger partial charge in [-0.1, -0.05) is 6.07 Å². The molecule has 10 nitrogen and oxygen atoms in total. The summed E-state index contributed by atoms with van der Waals surface area (Å²) in [7, 11) is 0. The molecule has 0 spiro atoms. The van der Waals surface area contributed by atoms with Gasteiger partial charge in [-0.05, 0) is 38.1 Å². The SMILES string of the molecule is CC(C)(C)OC(=O)N1CCN(c2c(F)cccc2NC=C(C#N)c2nn[nH]n2)CC1. The van der Waals surface area contributed by atoms with Crippen LogP contribution in [0, 0.1) is 17.1 Å².